The van der Waals surface area contributed by atoms with Crippen LogP contribution in [-0.4, -0.2) is 42.6 Å². The van der Waals surface area contributed by atoms with Gasteiger partial charge in [-0.1, -0.05) is 35.6 Å². The van der Waals surface area contributed by atoms with Crippen molar-refractivity contribution in [3.8, 4) is 17.2 Å². The van der Waals surface area contributed by atoms with E-state index < -0.39 is 17.7 Å². The lowest BCUT2D eigenvalue weighted by Crippen LogP contribution is -2.29. The number of fused-ring (bicyclic) bond motifs is 1. The van der Waals surface area contributed by atoms with Crippen molar-refractivity contribution in [2.75, 3.05) is 25.7 Å². The first-order valence-corrected chi connectivity index (χ1v) is 12.8. The molecule has 5 rings (SSSR count). The fourth-order valence-corrected chi connectivity index (χ4v) is 5.61. The molecule has 1 fully saturated rings. The summed E-state index contributed by atoms with van der Waals surface area (Å²) in [6.07, 6.45) is 0. The standard InChI is InChI=1S/C29H26N2O6S/c1-5-37-21-12-10-17(15-22(21)36-4)25-24(26(32)18-7-6-8-19(14-18)35-3)27(33)28(34)31(25)29-30-20-11-9-16(2)13-23(20)38-29/h6-15,25,32H,5H2,1-4H3/b26-24+/t25-/m1/s1. The maximum absolute atomic E-state index is 13.5. The molecule has 1 N–H and O–H groups in total. The van der Waals surface area contributed by atoms with Crippen LogP contribution in [0, 0.1) is 6.92 Å². The van der Waals surface area contributed by atoms with E-state index in [2.05, 4.69) is 4.98 Å². The smallest absolute Gasteiger partial charge is 0.301 e. The molecule has 8 nitrogen and oxygen atoms in total. The number of thiazole rings is 1. The van der Waals surface area contributed by atoms with Gasteiger partial charge in [0.2, 0.25) is 0 Å². The number of hydrogen-bond acceptors (Lipinski definition) is 8. The SMILES string of the molecule is CCOc1ccc([C@@H]2/C(=C(\O)c3cccc(OC)c3)C(=O)C(=O)N2c2nc3ccc(C)cc3s2)cc1OC. The third-order valence-electron chi connectivity index (χ3n) is 6.33. The summed E-state index contributed by atoms with van der Waals surface area (Å²) in [5.74, 6) is -0.416. The van der Waals surface area contributed by atoms with Gasteiger partial charge in [0, 0.05) is 5.56 Å². The van der Waals surface area contributed by atoms with E-state index in [1.54, 1.807) is 42.5 Å². The van der Waals surface area contributed by atoms with E-state index in [9.17, 15) is 14.7 Å². The van der Waals surface area contributed by atoms with Gasteiger partial charge in [0.15, 0.2) is 16.6 Å². The van der Waals surface area contributed by atoms with Crippen LogP contribution in [0.3, 0.4) is 0 Å². The summed E-state index contributed by atoms with van der Waals surface area (Å²) in [5.41, 5.74) is 2.63. The number of ketones is 1. The Bertz CT molecular complexity index is 1590. The van der Waals surface area contributed by atoms with Crippen molar-refractivity contribution in [3.05, 3.63) is 82.9 Å². The molecule has 1 aliphatic heterocycles. The van der Waals surface area contributed by atoms with Crippen LogP contribution >= 0.6 is 11.3 Å². The Labute approximate surface area is 223 Å². The van der Waals surface area contributed by atoms with Crippen molar-refractivity contribution in [1.29, 1.82) is 0 Å². The second-order valence-electron chi connectivity index (χ2n) is 8.71. The first-order chi connectivity index (χ1) is 18.4. The third-order valence-corrected chi connectivity index (χ3v) is 7.35. The Morgan fingerprint density at radius 2 is 1.84 bits per heavy atom. The fourth-order valence-electron chi connectivity index (χ4n) is 4.52. The number of amides is 1. The number of aryl methyl sites for hydroxylation is 1. The highest BCUT2D eigenvalue weighted by Crippen LogP contribution is 2.46. The number of aliphatic hydroxyl groups excluding tert-OH is 1. The summed E-state index contributed by atoms with van der Waals surface area (Å²) >= 11 is 1.31. The van der Waals surface area contributed by atoms with Crippen LogP contribution in [0.5, 0.6) is 17.2 Å². The van der Waals surface area contributed by atoms with E-state index in [0.29, 0.717) is 45.6 Å². The maximum atomic E-state index is 13.5. The molecular formula is C29H26N2O6S. The number of ether oxygens (including phenoxy) is 3. The molecule has 1 saturated heterocycles. The third kappa shape index (κ3) is 4.35. The number of carbonyl (C=O) groups is 2. The van der Waals surface area contributed by atoms with Crippen LogP contribution in [0.15, 0.2) is 66.2 Å². The molecule has 3 aromatic carbocycles. The van der Waals surface area contributed by atoms with Crippen LogP contribution in [0.1, 0.15) is 29.7 Å². The van der Waals surface area contributed by atoms with Gasteiger partial charge in [0.25, 0.3) is 5.78 Å². The lowest BCUT2D eigenvalue weighted by molar-refractivity contribution is -0.132. The Kier molecular flexibility index (Phi) is 6.77. The monoisotopic (exact) mass is 530 g/mol. The molecule has 0 bridgehead atoms. The second-order valence-corrected chi connectivity index (χ2v) is 9.72. The van der Waals surface area contributed by atoms with E-state index in [1.807, 2.05) is 32.0 Å². The first-order valence-electron chi connectivity index (χ1n) is 12.0. The number of anilines is 1. The summed E-state index contributed by atoms with van der Waals surface area (Å²) in [7, 11) is 3.03. The maximum Gasteiger partial charge on any atom is 0.301 e. The number of nitrogens with zero attached hydrogens (tertiary/aromatic N) is 2. The van der Waals surface area contributed by atoms with Gasteiger partial charge >= 0.3 is 5.91 Å². The highest BCUT2D eigenvalue weighted by molar-refractivity contribution is 7.22. The van der Waals surface area contributed by atoms with Gasteiger partial charge in [-0.25, -0.2) is 4.98 Å². The van der Waals surface area contributed by atoms with Gasteiger partial charge in [-0.05, 0) is 61.4 Å². The number of hydrogen-bond donors (Lipinski definition) is 1. The average molecular weight is 531 g/mol. The quantitative estimate of drug-likeness (QED) is 0.187. The molecule has 0 radical (unpaired) electrons. The fraction of sp³-hybridized carbons (Fsp3) is 0.207. The molecule has 0 aliphatic carbocycles. The van der Waals surface area contributed by atoms with Crippen LogP contribution in [0.25, 0.3) is 16.0 Å². The molecule has 1 aromatic heterocycles. The van der Waals surface area contributed by atoms with Crippen molar-refractivity contribution in [1.82, 2.24) is 4.98 Å². The van der Waals surface area contributed by atoms with Crippen molar-refractivity contribution < 1.29 is 28.9 Å². The Balaban J connectivity index is 1.74. The van der Waals surface area contributed by atoms with Crippen molar-refractivity contribution in [2.24, 2.45) is 0 Å². The van der Waals surface area contributed by atoms with Gasteiger partial charge < -0.3 is 19.3 Å². The summed E-state index contributed by atoms with van der Waals surface area (Å²) in [6, 6.07) is 16.8. The number of benzene rings is 3. The lowest BCUT2D eigenvalue weighted by Gasteiger charge is -2.24. The molecule has 4 aromatic rings. The molecule has 194 valence electrons. The number of aromatic nitrogens is 1. The molecule has 2 heterocycles. The molecule has 9 heteroatoms. The van der Waals surface area contributed by atoms with Crippen LogP contribution in [-0.2, 0) is 9.59 Å². The van der Waals surface area contributed by atoms with Crippen molar-refractivity contribution in [2.45, 2.75) is 19.9 Å². The first kappa shape index (κ1) is 25.3. The van der Waals surface area contributed by atoms with E-state index >= 15 is 0 Å². The van der Waals surface area contributed by atoms with Crippen LogP contribution < -0.4 is 19.1 Å². The number of Topliss-reactive ketones (excluding diaryl/α,β-unsaturated/α-hetero) is 1. The zero-order valence-electron chi connectivity index (χ0n) is 21.3. The largest absolute Gasteiger partial charge is 0.507 e. The molecule has 1 atom stereocenters. The second kappa shape index (κ2) is 10.2. The highest BCUT2D eigenvalue weighted by atomic mass is 32.1. The topological polar surface area (TPSA) is 98.2 Å². The average Bonchev–Trinajstić information content (AvgIpc) is 3.46. The number of aliphatic hydroxyl groups is 1. The Hall–Kier alpha value is -4.37. The number of methoxy groups -OCH3 is 2. The summed E-state index contributed by atoms with van der Waals surface area (Å²) in [6.45, 7) is 4.28. The molecule has 1 amide bonds. The molecular weight excluding hydrogens is 504 g/mol. The highest BCUT2D eigenvalue weighted by Gasteiger charge is 2.48. The minimum absolute atomic E-state index is 0.0510. The Morgan fingerprint density at radius 1 is 1.03 bits per heavy atom. The normalized spacial score (nSPS) is 16.7. The zero-order valence-corrected chi connectivity index (χ0v) is 22.2. The summed E-state index contributed by atoms with van der Waals surface area (Å²) < 4.78 is 17.4. The van der Waals surface area contributed by atoms with E-state index in [-0.39, 0.29) is 11.3 Å². The predicted octanol–water partition coefficient (Wildman–Crippen LogP) is 5.65. The zero-order chi connectivity index (χ0) is 27.0. The van der Waals surface area contributed by atoms with Gasteiger partial charge in [0.1, 0.15) is 11.5 Å². The van der Waals surface area contributed by atoms with Crippen LogP contribution in [0.2, 0.25) is 0 Å². The Morgan fingerprint density at radius 3 is 2.58 bits per heavy atom. The van der Waals surface area contributed by atoms with Gasteiger partial charge in [-0.15, -0.1) is 0 Å². The van der Waals surface area contributed by atoms with Gasteiger partial charge in [-0.2, -0.15) is 0 Å². The van der Waals surface area contributed by atoms with Gasteiger partial charge in [0.05, 0.1) is 42.7 Å². The summed E-state index contributed by atoms with van der Waals surface area (Å²) in [4.78, 5) is 33.1. The predicted molar refractivity (Wildman–Crippen MR) is 146 cm³/mol. The molecule has 0 spiro atoms. The number of carbonyl (C=O) groups excluding carboxylic acids is 2. The van der Waals surface area contributed by atoms with E-state index in [4.69, 9.17) is 14.2 Å². The van der Waals surface area contributed by atoms with Crippen molar-refractivity contribution >= 4 is 44.1 Å². The van der Waals surface area contributed by atoms with Crippen molar-refractivity contribution in [3.63, 3.8) is 0 Å². The van der Waals surface area contributed by atoms with Gasteiger partial charge in [-0.3, -0.25) is 14.5 Å². The molecule has 38 heavy (non-hydrogen) atoms. The minimum Gasteiger partial charge on any atom is -0.507 e. The minimum atomic E-state index is -0.951. The molecule has 1 aliphatic rings. The molecule has 0 unspecified atom stereocenters. The number of rotatable bonds is 7. The van der Waals surface area contributed by atoms with E-state index in [1.165, 1.54) is 30.5 Å². The lowest BCUT2D eigenvalue weighted by atomic mass is 9.95. The summed E-state index contributed by atoms with van der Waals surface area (Å²) in [5, 5.41) is 11.8. The molecule has 0 saturated carbocycles. The van der Waals surface area contributed by atoms with Crippen LogP contribution in [0.4, 0.5) is 5.13 Å². The van der Waals surface area contributed by atoms with E-state index in [0.717, 1.165) is 10.3 Å².